The summed E-state index contributed by atoms with van der Waals surface area (Å²) in [6.07, 6.45) is 4.14. The molecular weight excluding hydrogens is 156 g/mol. The Kier molecular flexibility index (Phi) is 6.11. The minimum absolute atomic E-state index is 0.787. The van der Waals surface area contributed by atoms with Crippen LogP contribution in [0.1, 0.15) is 60.8 Å². The van der Waals surface area contributed by atoms with Crippen molar-refractivity contribution in [2.75, 3.05) is 0 Å². The van der Waals surface area contributed by atoms with Crippen molar-refractivity contribution < 1.29 is 0 Å². The molecule has 0 radical (unpaired) electrons. The molecule has 0 atom stereocenters. The Morgan fingerprint density at radius 3 is 1.31 bits per heavy atom. The molecule has 0 heteroatoms. The zero-order chi connectivity index (χ0) is 10.4. The molecule has 0 nitrogen and oxygen atoms in total. The summed E-state index contributed by atoms with van der Waals surface area (Å²) >= 11 is 0. The molecule has 0 N–H and O–H groups in total. The topological polar surface area (TPSA) is 0 Å². The molecule has 1 aliphatic rings. The minimum Gasteiger partial charge on any atom is -0.0683 e. The second-order valence-corrected chi connectivity index (χ2v) is 4.21. The number of rotatable bonds is 2. The van der Waals surface area contributed by atoms with Crippen LogP contribution in [0.4, 0.5) is 0 Å². The van der Waals surface area contributed by atoms with Crippen LogP contribution >= 0.6 is 0 Å². The highest BCUT2D eigenvalue weighted by molar-refractivity contribution is 5.22. The van der Waals surface area contributed by atoms with E-state index < -0.39 is 0 Å². The van der Waals surface area contributed by atoms with Gasteiger partial charge in [0.2, 0.25) is 0 Å². The lowest BCUT2D eigenvalue weighted by Gasteiger charge is -2.13. The molecule has 0 aromatic rings. The van der Waals surface area contributed by atoms with E-state index in [1.54, 1.807) is 11.1 Å². The van der Waals surface area contributed by atoms with E-state index in [-0.39, 0.29) is 0 Å². The molecule has 0 amide bonds. The molecule has 0 spiro atoms. The molecule has 0 bridgehead atoms. The average molecular weight is 182 g/mol. The van der Waals surface area contributed by atoms with Gasteiger partial charge in [0.15, 0.2) is 0 Å². The monoisotopic (exact) mass is 182 g/mol. The van der Waals surface area contributed by atoms with Gasteiger partial charge in [-0.1, -0.05) is 52.7 Å². The van der Waals surface area contributed by atoms with Gasteiger partial charge in [0.1, 0.15) is 0 Å². The van der Waals surface area contributed by atoms with Gasteiger partial charge in [-0.25, -0.2) is 0 Å². The highest BCUT2D eigenvalue weighted by Crippen LogP contribution is 2.35. The highest BCUT2D eigenvalue weighted by Gasteiger charge is 2.18. The molecule has 0 fully saturated rings. The predicted octanol–water partition coefficient (Wildman–Crippen LogP) is 4.81. The lowest BCUT2D eigenvalue weighted by molar-refractivity contribution is 0.691. The van der Waals surface area contributed by atoms with E-state index in [4.69, 9.17) is 0 Å². The molecular formula is C13H26. The maximum absolute atomic E-state index is 2.32. The second kappa shape index (κ2) is 6.23. The Hall–Kier alpha value is -0.260. The summed E-state index contributed by atoms with van der Waals surface area (Å²) in [5, 5.41) is 0. The number of allylic oxidation sites excluding steroid dienone is 2. The zero-order valence-electron chi connectivity index (χ0n) is 10.3. The van der Waals surface area contributed by atoms with Gasteiger partial charge in [0, 0.05) is 0 Å². The van der Waals surface area contributed by atoms with Crippen LogP contribution in [0, 0.1) is 11.8 Å². The van der Waals surface area contributed by atoms with Crippen LogP contribution in [0.25, 0.3) is 0 Å². The van der Waals surface area contributed by atoms with E-state index in [9.17, 15) is 0 Å². The Labute approximate surface area is 84.4 Å². The van der Waals surface area contributed by atoms with Crippen LogP contribution in [0.3, 0.4) is 0 Å². The molecule has 0 saturated heterocycles. The first-order valence-corrected chi connectivity index (χ1v) is 5.84. The highest BCUT2D eigenvalue weighted by atomic mass is 14.2. The zero-order valence-corrected chi connectivity index (χ0v) is 10.3. The molecule has 78 valence electrons. The summed E-state index contributed by atoms with van der Waals surface area (Å²) in [5.74, 6) is 1.57. The third-order valence-electron chi connectivity index (χ3n) is 2.70. The molecule has 1 rings (SSSR count). The maximum atomic E-state index is 2.32. The van der Waals surface area contributed by atoms with Gasteiger partial charge in [0.25, 0.3) is 0 Å². The summed E-state index contributed by atoms with van der Waals surface area (Å²) in [7, 11) is 0. The lowest BCUT2D eigenvalue weighted by atomic mass is 9.93. The summed E-state index contributed by atoms with van der Waals surface area (Å²) in [5.41, 5.74) is 3.50. The normalized spacial score (nSPS) is 16.6. The van der Waals surface area contributed by atoms with Gasteiger partial charge >= 0.3 is 0 Å². The first-order valence-electron chi connectivity index (χ1n) is 5.84. The molecule has 0 unspecified atom stereocenters. The van der Waals surface area contributed by atoms with Crippen molar-refractivity contribution in [3.8, 4) is 0 Å². The van der Waals surface area contributed by atoms with Crippen LogP contribution in [0.2, 0.25) is 0 Å². The number of hydrogen-bond donors (Lipinski definition) is 0. The summed E-state index contributed by atoms with van der Waals surface area (Å²) < 4.78 is 0. The molecule has 0 aromatic carbocycles. The van der Waals surface area contributed by atoms with Gasteiger partial charge in [-0.05, 0) is 31.1 Å². The van der Waals surface area contributed by atoms with E-state index in [1.807, 2.05) is 13.8 Å². The Morgan fingerprint density at radius 1 is 0.769 bits per heavy atom. The summed E-state index contributed by atoms with van der Waals surface area (Å²) in [6.45, 7) is 13.3. The van der Waals surface area contributed by atoms with Crippen molar-refractivity contribution in [2.45, 2.75) is 60.8 Å². The van der Waals surface area contributed by atoms with Crippen molar-refractivity contribution >= 4 is 0 Å². The minimum atomic E-state index is 0.787. The van der Waals surface area contributed by atoms with Gasteiger partial charge in [-0.2, -0.15) is 0 Å². The Bertz CT molecular complexity index is 143. The predicted molar refractivity (Wildman–Crippen MR) is 61.9 cm³/mol. The standard InChI is InChI=1S/C11H20.C2H6/c1-8(2)10-6-5-7-11(10)9(3)4;1-2/h8-9H,5-7H2,1-4H3;1-2H3. The van der Waals surface area contributed by atoms with Gasteiger partial charge in [-0.3, -0.25) is 0 Å². The third-order valence-corrected chi connectivity index (χ3v) is 2.70. The second-order valence-electron chi connectivity index (χ2n) is 4.21. The fraction of sp³-hybridized carbons (Fsp3) is 0.846. The smallest absolute Gasteiger partial charge is 0.0257 e. The molecule has 1 aliphatic carbocycles. The van der Waals surface area contributed by atoms with E-state index in [2.05, 4.69) is 27.7 Å². The van der Waals surface area contributed by atoms with Crippen LogP contribution < -0.4 is 0 Å². The maximum Gasteiger partial charge on any atom is -0.0257 e. The SMILES string of the molecule is CC.CC(C)C1=C(C(C)C)CCC1. The van der Waals surface area contributed by atoms with E-state index >= 15 is 0 Å². The first kappa shape index (κ1) is 12.7. The van der Waals surface area contributed by atoms with Crippen molar-refractivity contribution in [1.82, 2.24) is 0 Å². The Balaban J connectivity index is 0.000000671. The number of hydrogen-bond acceptors (Lipinski definition) is 0. The molecule has 0 saturated carbocycles. The van der Waals surface area contributed by atoms with Crippen LogP contribution in [-0.2, 0) is 0 Å². The van der Waals surface area contributed by atoms with E-state index in [0.717, 1.165) is 11.8 Å². The quantitative estimate of drug-likeness (QED) is 0.538. The van der Waals surface area contributed by atoms with Crippen molar-refractivity contribution in [1.29, 1.82) is 0 Å². The van der Waals surface area contributed by atoms with Crippen molar-refractivity contribution in [3.63, 3.8) is 0 Å². The first-order chi connectivity index (χ1) is 6.13. The van der Waals surface area contributed by atoms with Crippen molar-refractivity contribution in [3.05, 3.63) is 11.1 Å². The lowest BCUT2D eigenvalue weighted by Crippen LogP contribution is -1.98. The molecule has 13 heavy (non-hydrogen) atoms. The van der Waals surface area contributed by atoms with Gasteiger partial charge < -0.3 is 0 Å². The van der Waals surface area contributed by atoms with E-state index in [0.29, 0.717) is 0 Å². The van der Waals surface area contributed by atoms with Crippen LogP contribution in [0.5, 0.6) is 0 Å². The fourth-order valence-electron chi connectivity index (χ4n) is 2.11. The van der Waals surface area contributed by atoms with Crippen LogP contribution in [0.15, 0.2) is 11.1 Å². The van der Waals surface area contributed by atoms with Gasteiger partial charge in [0.05, 0.1) is 0 Å². The molecule has 0 heterocycles. The third kappa shape index (κ3) is 3.54. The summed E-state index contributed by atoms with van der Waals surface area (Å²) in [6, 6.07) is 0. The molecule has 0 aliphatic heterocycles. The van der Waals surface area contributed by atoms with Crippen molar-refractivity contribution in [2.24, 2.45) is 11.8 Å². The van der Waals surface area contributed by atoms with Gasteiger partial charge in [-0.15, -0.1) is 0 Å². The fourth-order valence-corrected chi connectivity index (χ4v) is 2.11. The molecule has 0 aromatic heterocycles. The van der Waals surface area contributed by atoms with E-state index in [1.165, 1.54) is 19.3 Å². The largest absolute Gasteiger partial charge is 0.0683 e. The summed E-state index contributed by atoms with van der Waals surface area (Å²) in [4.78, 5) is 0. The van der Waals surface area contributed by atoms with Crippen LogP contribution in [-0.4, -0.2) is 0 Å². The Morgan fingerprint density at radius 2 is 1.08 bits per heavy atom. The average Bonchev–Trinajstić information content (AvgIpc) is 2.55.